The highest BCUT2D eigenvalue weighted by atomic mass is 35.5. The number of rotatable bonds is 3. The Bertz CT molecular complexity index is 805. The number of nitrogens with one attached hydrogen (secondary N) is 1. The average molecular weight is 287 g/mol. The first-order chi connectivity index (χ1) is 9.78. The van der Waals surface area contributed by atoms with Gasteiger partial charge >= 0.3 is 0 Å². The van der Waals surface area contributed by atoms with Gasteiger partial charge in [0.05, 0.1) is 12.9 Å². The van der Waals surface area contributed by atoms with Crippen molar-refractivity contribution in [3.63, 3.8) is 0 Å². The van der Waals surface area contributed by atoms with E-state index in [1.807, 2.05) is 34.9 Å². The Kier molecular flexibility index (Phi) is 3.20. The number of hydrogen-bond donors (Lipinski definition) is 1. The van der Waals surface area contributed by atoms with Crippen molar-refractivity contribution in [3.8, 4) is 0 Å². The molecule has 2 aromatic heterocycles. The van der Waals surface area contributed by atoms with E-state index in [0.717, 1.165) is 5.56 Å². The third-order valence-electron chi connectivity index (χ3n) is 2.76. The predicted octanol–water partition coefficient (Wildman–Crippen LogP) is 2.71. The molecule has 0 aliphatic carbocycles. The summed E-state index contributed by atoms with van der Waals surface area (Å²) in [6, 6.07) is 9.92. The molecular weight excluding hydrogens is 278 g/mol. The van der Waals surface area contributed by atoms with Crippen LogP contribution in [-0.2, 0) is 6.54 Å². The minimum absolute atomic E-state index is 0.0507. The summed E-state index contributed by atoms with van der Waals surface area (Å²) in [7, 11) is 0. The van der Waals surface area contributed by atoms with Crippen LogP contribution < -0.4 is 4.91 Å². The van der Waals surface area contributed by atoms with Crippen LogP contribution in [0.5, 0.6) is 0 Å². The molecule has 20 heavy (non-hydrogen) atoms. The fourth-order valence-electron chi connectivity index (χ4n) is 1.92. The Morgan fingerprint density at radius 3 is 2.80 bits per heavy atom. The summed E-state index contributed by atoms with van der Waals surface area (Å²) in [6.45, 7) is 0.613. The van der Waals surface area contributed by atoms with E-state index in [1.165, 1.54) is 0 Å². The number of aromatic nitrogens is 4. The smallest absolute Gasteiger partial charge is 0.273 e. The van der Waals surface area contributed by atoms with Crippen LogP contribution in [0.3, 0.4) is 0 Å². The Balaban J connectivity index is 2.11. The Labute approximate surface area is 118 Å². The highest BCUT2D eigenvalue weighted by Gasteiger charge is 2.15. The Morgan fingerprint density at radius 2 is 2.05 bits per heavy atom. The minimum Gasteiger partial charge on any atom is -0.311 e. The number of imidazole rings is 1. The van der Waals surface area contributed by atoms with Gasteiger partial charge in [-0.2, -0.15) is 9.97 Å². The van der Waals surface area contributed by atoms with E-state index in [1.54, 1.807) is 6.33 Å². The van der Waals surface area contributed by atoms with Gasteiger partial charge in [-0.15, -0.1) is 0 Å². The van der Waals surface area contributed by atoms with Crippen molar-refractivity contribution in [2.45, 2.75) is 6.54 Å². The van der Waals surface area contributed by atoms with Gasteiger partial charge in [-0.3, -0.25) is 0 Å². The zero-order chi connectivity index (χ0) is 13.9. The summed E-state index contributed by atoms with van der Waals surface area (Å²) in [4.78, 5) is 15.3. The first kappa shape index (κ1) is 12.4. The van der Waals surface area contributed by atoms with E-state index in [9.17, 15) is 0 Å². The Hall–Kier alpha value is -2.63. The zero-order valence-electron chi connectivity index (χ0n) is 10.2. The maximum atomic E-state index is 6.79. The number of halogens is 1. The molecule has 0 saturated carbocycles. The molecule has 8 heteroatoms. The molecular formula is C12H9ClN7+. The second kappa shape index (κ2) is 5.16. The van der Waals surface area contributed by atoms with Crippen molar-refractivity contribution in [1.82, 2.24) is 24.4 Å². The maximum absolute atomic E-state index is 6.79. The average Bonchev–Trinajstić information content (AvgIpc) is 2.83. The molecule has 0 fully saturated rings. The number of benzene rings is 1. The van der Waals surface area contributed by atoms with Gasteiger partial charge in [0.25, 0.3) is 5.82 Å². The molecule has 3 rings (SSSR count). The lowest BCUT2D eigenvalue weighted by Gasteiger charge is -2.03. The first-order valence-electron chi connectivity index (χ1n) is 5.77. The van der Waals surface area contributed by atoms with Gasteiger partial charge in [-0.05, 0) is 17.2 Å². The summed E-state index contributed by atoms with van der Waals surface area (Å²) in [5.41, 5.74) is 8.95. The highest BCUT2D eigenvalue weighted by molar-refractivity contribution is 6.28. The van der Waals surface area contributed by atoms with Crippen LogP contribution in [0.1, 0.15) is 5.56 Å². The molecule has 0 spiro atoms. The van der Waals surface area contributed by atoms with E-state index in [-0.39, 0.29) is 11.1 Å². The second-order valence-corrected chi connectivity index (χ2v) is 4.38. The van der Waals surface area contributed by atoms with E-state index >= 15 is 0 Å². The number of fused-ring (bicyclic) bond motifs is 1. The standard InChI is InChI=1S/C12H9ClN7/c13-12-16-10(18-19-14)9-11(17-12)20(7-15-9)6-8-4-2-1-3-5-8/h1-5,7,14H,6H2/q+1. The van der Waals surface area contributed by atoms with Gasteiger partial charge in [-0.25, -0.2) is 4.98 Å². The topological polar surface area (TPSA) is 93.9 Å². The molecule has 0 aliphatic heterocycles. The van der Waals surface area contributed by atoms with Crippen molar-refractivity contribution in [2.75, 3.05) is 0 Å². The van der Waals surface area contributed by atoms with Crippen molar-refractivity contribution in [2.24, 2.45) is 5.11 Å². The van der Waals surface area contributed by atoms with E-state index in [4.69, 9.17) is 17.1 Å². The monoisotopic (exact) mass is 286 g/mol. The largest absolute Gasteiger partial charge is 0.311 e. The van der Waals surface area contributed by atoms with Crippen LogP contribution >= 0.6 is 11.6 Å². The molecule has 2 heterocycles. The fourth-order valence-corrected chi connectivity index (χ4v) is 2.08. The molecule has 0 unspecified atom stereocenters. The van der Waals surface area contributed by atoms with E-state index in [2.05, 4.69) is 25.0 Å². The van der Waals surface area contributed by atoms with Gasteiger partial charge in [0.15, 0.2) is 16.3 Å². The number of hydrogen-bond acceptors (Lipinski definition) is 5. The normalized spacial score (nSPS) is 10.4. The maximum Gasteiger partial charge on any atom is 0.273 e. The van der Waals surface area contributed by atoms with Crippen LogP contribution in [0.25, 0.3) is 11.2 Å². The van der Waals surface area contributed by atoms with Crippen LogP contribution in [0.2, 0.25) is 5.28 Å². The molecule has 0 aliphatic rings. The van der Waals surface area contributed by atoms with Crippen molar-refractivity contribution in [3.05, 3.63) is 47.5 Å². The van der Waals surface area contributed by atoms with Crippen molar-refractivity contribution < 1.29 is 0 Å². The molecule has 1 N–H and O–H groups in total. The first-order valence-corrected chi connectivity index (χ1v) is 6.15. The molecule has 98 valence electrons. The van der Waals surface area contributed by atoms with Crippen LogP contribution in [-0.4, -0.2) is 19.5 Å². The minimum atomic E-state index is 0.0507. The van der Waals surface area contributed by atoms with Crippen LogP contribution in [0.4, 0.5) is 5.82 Å². The molecule has 0 atom stereocenters. The molecule has 0 bridgehead atoms. The van der Waals surface area contributed by atoms with E-state index < -0.39 is 0 Å². The van der Waals surface area contributed by atoms with Gasteiger partial charge in [-0.1, -0.05) is 30.3 Å². The number of nitrogens with zero attached hydrogens (tertiary/aromatic N) is 6. The van der Waals surface area contributed by atoms with Gasteiger partial charge < -0.3 is 4.57 Å². The van der Waals surface area contributed by atoms with Crippen molar-refractivity contribution >= 4 is 28.6 Å². The lowest BCUT2D eigenvalue weighted by atomic mass is 10.2. The van der Waals surface area contributed by atoms with Gasteiger partial charge in [0, 0.05) is 0 Å². The predicted molar refractivity (Wildman–Crippen MR) is 72.8 cm³/mol. The quantitative estimate of drug-likeness (QED) is 0.455. The third kappa shape index (κ3) is 2.27. The zero-order valence-corrected chi connectivity index (χ0v) is 11.0. The van der Waals surface area contributed by atoms with Gasteiger partial charge in [0.1, 0.15) is 5.53 Å². The lowest BCUT2D eigenvalue weighted by Crippen LogP contribution is -1.99. The van der Waals surface area contributed by atoms with Gasteiger partial charge in [0.2, 0.25) is 10.2 Å². The summed E-state index contributed by atoms with van der Waals surface area (Å²) in [5, 5.41) is 3.65. The SMILES string of the molecule is N=[N+]=Nc1nc(Cl)nc2c1ncn2Cc1ccccc1. The summed E-state index contributed by atoms with van der Waals surface area (Å²) >= 11 is 5.87. The third-order valence-corrected chi connectivity index (χ3v) is 2.93. The molecule has 0 radical (unpaired) electrons. The molecule has 7 nitrogen and oxygen atoms in total. The summed E-state index contributed by atoms with van der Waals surface area (Å²) < 4.78 is 1.85. The van der Waals surface area contributed by atoms with Crippen LogP contribution in [0.15, 0.2) is 41.8 Å². The highest BCUT2D eigenvalue weighted by Crippen LogP contribution is 2.23. The van der Waals surface area contributed by atoms with Crippen LogP contribution in [0, 0.1) is 5.53 Å². The Morgan fingerprint density at radius 1 is 1.25 bits per heavy atom. The van der Waals surface area contributed by atoms with E-state index in [0.29, 0.717) is 17.7 Å². The second-order valence-electron chi connectivity index (χ2n) is 4.05. The molecule has 0 saturated heterocycles. The lowest BCUT2D eigenvalue weighted by molar-refractivity contribution is 0.813. The summed E-state index contributed by atoms with van der Waals surface area (Å²) in [5.74, 6) is 0.196. The molecule has 3 aromatic rings. The molecule has 0 amide bonds. The summed E-state index contributed by atoms with van der Waals surface area (Å²) in [6.07, 6.45) is 1.64. The molecule has 1 aromatic carbocycles. The fraction of sp³-hybridized carbons (Fsp3) is 0.0833. The van der Waals surface area contributed by atoms with Crippen molar-refractivity contribution in [1.29, 1.82) is 5.53 Å².